The molecule has 1 aromatic heterocycles. The van der Waals surface area contributed by atoms with Gasteiger partial charge in [0, 0.05) is 36.7 Å². The van der Waals surface area contributed by atoms with Crippen LogP contribution in [0.25, 0.3) is 0 Å². The van der Waals surface area contributed by atoms with Gasteiger partial charge in [0.05, 0.1) is 0 Å². The van der Waals surface area contributed by atoms with Crippen molar-refractivity contribution in [3.8, 4) is 0 Å². The fourth-order valence-electron chi connectivity index (χ4n) is 2.19. The van der Waals surface area contributed by atoms with E-state index >= 15 is 0 Å². The summed E-state index contributed by atoms with van der Waals surface area (Å²) in [5.74, 6) is 2.03. The number of hydrogen-bond acceptors (Lipinski definition) is 4. The van der Waals surface area contributed by atoms with Gasteiger partial charge in [0.15, 0.2) is 5.82 Å². The predicted octanol–water partition coefficient (Wildman–Crippen LogP) is 1.79. The van der Waals surface area contributed by atoms with Crippen LogP contribution in [0.3, 0.4) is 0 Å². The van der Waals surface area contributed by atoms with Crippen molar-refractivity contribution in [2.75, 3.05) is 12.3 Å². The maximum absolute atomic E-state index is 4.28. The standard InChI is InChI=1S/C13H16N4S/c1-17-9-15-13(16-17)6-7-14-11-8-18-12-5-3-2-4-10(11)12/h2-5,9,11,14H,6-8H2,1H3. The molecule has 2 aromatic rings. The molecule has 0 amide bonds. The highest BCUT2D eigenvalue weighted by Crippen LogP contribution is 2.37. The van der Waals surface area contributed by atoms with Crippen LogP contribution in [0.1, 0.15) is 17.4 Å². The molecule has 1 aliphatic rings. The Kier molecular flexibility index (Phi) is 3.34. The Morgan fingerprint density at radius 1 is 1.44 bits per heavy atom. The van der Waals surface area contributed by atoms with E-state index in [0.29, 0.717) is 6.04 Å². The Labute approximate surface area is 111 Å². The molecule has 94 valence electrons. The molecule has 2 heterocycles. The summed E-state index contributed by atoms with van der Waals surface area (Å²) in [5.41, 5.74) is 1.43. The van der Waals surface area contributed by atoms with E-state index in [1.54, 1.807) is 11.0 Å². The highest BCUT2D eigenvalue weighted by atomic mass is 32.2. The Morgan fingerprint density at radius 3 is 3.17 bits per heavy atom. The normalized spacial score (nSPS) is 17.9. The van der Waals surface area contributed by atoms with Crippen LogP contribution in [-0.4, -0.2) is 27.1 Å². The third-order valence-corrected chi connectivity index (χ3v) is 4.27. The lowest BCUT2D eigenvalue weighted by atomic mass is 10.1. The molecule has 0 spiro atoms. The fourth-order valence-corrected chi connectivity index (χ4v) is 3.38. The van der Waals surface area contributed by atoms with Crippen molar-refractivity contribution in [3.05, 3.63) is 42.0 Å². The van der Waals surface area contributed by atoms with Crippen LogP contribution >= 0.6 is 11.8 Å². The number of nitrogens with zero attached hydrogens (tertiary/aromatic N) is 3. The van der Waals surface area contributed by atoms with Gasteiger partial charge in [-0.1, -0.05) is 18.2 Å². The van der Waals surface area contributed by atoms with E-state index in [1.165, 1.54) is 10.5 Å². The van der Waals surface area contributed by atoms with Crippen LogP contribution in [0.15, 0.2) is 35.5 Å². The molecule has 0 radical (unpaired) electrons. The van der Waals surface area contributed by atoms with Crippen LogP contribution in [-0.2, 0) is 13.5 Å². The summed E-state index contributed by atoms with van der Waals surface area (Å²) in [4.78, 5) is 5.64. The first-order valence-electron chi connectivity index (χ1n) is 6.12. The topological polar surface area (TPSA) is 42.7 Å². The van der Waals surface area contributed by atoms with Gasteiger partial charge in [0.25, 0.3) is 0 Å². The van der Waals surface area contributed by atoms with Crippen molar-refractivity contribution in [1.29, 1.82) is 0 Å². The largest absolute Gasteiger partial charge is 0.309 e. The maximum atomic E-state index is 4.28. The number of rotatable bonds is 4. The van der Waals surface area contributed by atoms with Crippen molar-refractivity contribution in [2.24, 2.45) is 7.05 Å². The number of thioether (sulfide) groups is 1. The summed E-state index contributed by atoms with van der Waals surface area (Å²) < 4.78 is 1.75. The molecule has 0 aliphatic carbocycles. The van der Waals surface area contributed by atoms with Crippen LogP contribution in [0, 0.1) is 0 Å². The van der Waals surface area contributed by atoms with Crippen LogP contribution in [0.5, 0.6) is 0 Å². The smallest absolute Gasteiger partial charge is 0.151 e. The second kappa shape index (κ2) is 5.12. The number of aryl methyl sites for hydroxylation is 1. The molecule has 1 aromatic carbocycles. The van der Waals surface area contributed by atoms with Crippen molar-refractivity contribution < 1.29 is 0 Å². The van der Waals surface area contributed by atoms with Gasteiger partial charge in [0.1, 0.15) is 6.33 Å². The van der Waals surface area contributed by atoms with Crippen molar-refractivity contribution in [2.45, 2.75) is 17.4 Å². The van der Waals surface area contributed by atoms with Gasteiger partial charge in [-0.25, -0.2) is 4.98 Å². The first kappa shape index (κ1) is 11.7. The van der Waals surface area contributed by atoms with Gasteiger partial charge < -0.3 is 5.32 Å². The third kappa shape index (κ3) is 2.42. The summed E-state index contributed by atoms with van der Waals surface area (Å²) in [6.45, 7) is 0.920. The Bertz CT molecular complexity index is 537. The molecule has 1 N–H and O–H groups in total. The number of aromatic nitrogens is 3. The Balaban J connectivity index is 1.56. The zero-order valence-electron chi connectivity index (χ0n) is 10.3. The van der Waals surface area contributed by atoms with Crippen LogP contribution in [0.4, 0.5) is 0 Å². The Morgan fingerprint density at radius 2 is 2.33 bits per heavy atom. The molecule has 3 rings (SSSR count). The average molecular weight is 260 g/mol. The van der Waals surface area contributed by atoms with E-state index in [1.807, 2.05) is 18.8 Å². The van der Waals surface area contributed by atoms with E-state index in [0.717, 1.165) is 24.5 Å². The third-order valence-electron chi connectivity index (χ3n) is 3.09. The summed E-state index contributed by atoms with van der Waals surface area (Å²) in [6, 6.07) is 9.09. The van der Waals surface area contributed by atoms with E-state index in [-0.39, 0.29) is 0 Å². The molecule has 0 bridgehead atoms. The lowest BCUT2D eigenvalue weighted by Crippen LogP contribution is -2.23. The van der Waals surface area contributed by atoms with E-state index in [4.69, 9.17) is 0 Å². The van der Waals surface area contributed by atoms with E-state index in [2.05, 4.69) is 39.7 Å². The van der Waals surface area contributed by atoms with E-state index in [9.17, 15) is 0 Å². The fraction of sp³-hybridized carbons (Fsp3) is 0.385. The van der Waals surface area contributed by atoms with E-state index < -0.39 is 0 Å². The maximum Gasteiger partial charge on any atom is 0.151 e. The number of fused-ring (bicyclic) bond motifs is 1. The average Bonchev–Trinajstić information content (AvgIpc) is 2.97. The van der Waals surface area contributed by atoms with Gasteiger partial charge in [0.2, 0.25) is 0 Å². The minimum absolute atomic E-state index is 0.468. The van der Waals surface area contributed by atoms with Crippen molar-refractivity contribution in [1.82, 2.24) is 20.1 Å². The van der Waals surface area contributed by atoms with Gasteiger partial charge in [-0.3, -0.25) is 4.68 Å². The predicted molar refractivity (Wildman–Crippen MR) is 72.6 cm³/mol. The molecular formula is C13H16N4S. The molecule has 0 saturated heterocycles. The summed E-state index contributed by atoms with van der Waals surface area (Å²) >= 11 is 1.93. The molecular weight excluding hydrogens is 244 g/mol. The molecule has 4 nitrogen and oxygen atoms in total. The van der Waals surface area contributed by atoms with Crippen LogP contribution in [0.2, 0.25) is 0 Å². The minimum atomic E-state index is 0.468. The molecule has 0 saturated carbocycles. The van der Waals surface area contributed by atoms with Crippen molar-refractivity contribution >= 4 is 11.8 Å². The first-order chi connectivity index (χ1) is 8.83. The van der Waals surface area contributed by atoms with Gasteiger partial charge >= 0.3 is 0 Å². The van der Waals surface area contributed by atoms with Gasteiger partial charge in [-0.15, -0.1) is 11.8 Å². The lowest BCUT2D eigenvalue weighted by Gasteiger charge is -2.12. The quantitative estimate of drug-likeness (QED) is 0.910. The second-order valence-electron chi connectivity index (χ2n) is 4.44. The molecule has 0 fully saturated rings. The van der Waals surface area contributed by atoms with Gasteiger partial charge in [-0.2, -0.15) is 5.10 Å². The van der Waals surface area contributed by atoms with Gasteiger partial charge in [-0.05, 0) is 11.6 Å². The first-order valence-corrected chi connectivity index (χ1v) is 7.11. The Hall–Kier alpha value is -1.33. The SMILES string of the molecule is Cn1cnc(CCNC2CSc3ccccc32)n1. The zero-order valence-corrected chi connectivity index (χ0v) is 11.2. The van der Waals surface area contributed by atoms with Crippen molar-refractivity contribution in [3.63, 3.8) is 0 Å². The minimum Gasteiger partial charge on any atom is -0.309 e. The second-order valence-corrected chi connectivity index (χ2v) is 5.50. The number of hydrogen-bond donors (Lipinski definition) is 1. The molecule has 1 unspecified atom stereocenters. The summed E-state index contributed by atoms with van der Waals surface area (Å²) in [6.07, 6.45) is 2.63. The number of benzene rings is 1. The summed E-state index contributed by atoms with van der Waals surface area (Å²) in [7, 11) is 1.90. The monoisotopic (exact) mass is 260 g/mol. The summed E-state index contributed by atoms with van der Waals surface area (Å²) in [5, 5.41) is 7.86. The lowest BCUT2D eigenvalue weighted by molar-refractivity contribution is 0.576. The highest BCUT2D eigenvalue weighted by molar-refractivity contribution is 7.99. The van der Waals surface area contributed by atoms with Crippen LogP contribution < -0.4 is 5.32 Å². The zero-order chi connectivity index (χ0) is 12.4. The number of nitrogens with one attached hydrogen (secondary N) is 1. The molecule has 1 atom stereocenters. The molecule has 5 heteroatoms. The molecule has 1 aliphatic heterocycles. The molecule has 18 heavy (non-hydrogen) atoms. The highest BCUT2D eigenvalue weighted by Gasteiger charge is 2.21.